The number of rotatable bonds is 7. The van der Waals surface area contributed by atoms with Gasteiger partial charge < -0.3 is 10.2 Å². The van der Waals surface area contributed by atoms with Crippen molar-refractivity contribution in [2.24, 2.45) is 5.41 Å². The van der Waals surface area contributed by atoms with E-state index in [9.17, 15) is 14.0 Å². The molecule has 1 aliphatic carbocycles. The maximum atomic E-state index is 13.9. The van der Waals surface area contributed by atoms with Gasteiger partial charge in [0.2, 0.25) is 11.8 Å². The van der Waals surface area contributed by atoms with Gasteiger partial charge in [0.15, 0.2) is 0 Å². The lowest BCUT2D eigenvalue weighted by atomic mass is 10.0. The number of nitrogens with zero attached hydrogens (tertiary/aromatic N) is 3. The van der Waals surface area contributed by atoms with Crippen molar-refractivity contribution < 1.29 is 14.0 Å². The van der Waals surface area contributed by atoms with Crippen molar-refractivity contribution in [3.8, 4) is 0 Å². The minimum Gasteiger partial charge on any atom is -0.354 e. The van der Waals surface area contributed by atoms with E-state index in [2.05, 4.69) is 42.3 Å². The number of carbonyl (C=O) groups is 2. The Morgan fingerprint density at radius 3 is 2.73 bits per heavy atom. The van der Waals surface area contributed by atoms with E-state index in [0.29, 0.717) is 23.0 Å². The average Bonchev–Trinajstić information content (AvgIpc) is 3.16. The molecule has 1 saturated heterocycles. The topological polar surface area (TPSA) is 67.2 Å². The largest absolute Gasteiger partial charge is 0.354 e. The minimum atomic E-state index is -0.314. The fourth-order valence-electron chi connectivity index (χ4n) is 4.13. The second-order valence-electron chi connectivity index (χ2n) is 8.28. The van der Waals surface area contributed by atoms with Crippen LogP contribution in [-0.4, -0.2) is 45.6 Å². The van der Waals surface area contributed by atoms with Crippen molar-refractivity contribution in [1.29, 1.82) is 0 Å². The van der Waals surface area contributed by atoms with Gasteiger partial charge in [0.05, 0.1) is 10.7 Å². The molecule has 1 atom stereocenters. The molecule has 2 amide bonds. The average molecular weight is 542 g/mol. The Labute approximate surface area is 191 Å². The zero-order valence-electron chi connectivity index (χ0n) is 16.4. The van der Waals surface area contributed by atoms with Crippen LogP contribution in [0.5, 0.6) is 0 Å². The van der Waals surface area contributed by atoms with Crippen molar-refractivity contribution in [1.82, 2.24) is 20.0 Å². The van der Waals surface area contributed by atoms with Crippen LogP contribution in [0.2, 0.25) is 0 Å². The van der Waals surface area contributed by atoms with E-state index in [4.69, 9.17) is 0 Å². The summed E-state index contributed by atoms with van der Waals surface area (Å²) in [6, 6.07) is 4.86. The van der Waals surface area contributed by atoms with Crippen LogP contribution < -0.4 is 5.32 Å². The summed E-state index contributed by atoms with van der Waals surface area (Å²) in [7, 11) is 0. The van der Waals surface area contributed by atoms with E-state index in [1.807, 2.05) is 4.90 Å². The van der Waals surface area contributed by atoms with E-state index in [1.165, 1.54) is 6.07 Å². The van der Waals surface area contributed by atoms with Gasteiger partial charge in [0, 0.05) is 36.2 Å². The number of aryl methyl sites for hydroxylation is 1. The number of hydrogen-bond acceptors (Lipinski definition) is 3. The molecule has 2 aromatic rings. The van der Waals surface area contributed by atoms with Crippen molar-refractivity contribution in [3.05, 3.63) is 50.9 Å². The Morgan fingerprint density at radius 1 is 1.27 bits per heavy atom. The first-order valence-electron chi connectivity index (χ1n) is 10.0. The maximum absolute atomic E-state index is 13.9. The first-order valence-corrected chi connectivity index (χ1v) is 11.6. The maximum Gasteiger partial charge on any atom is 0.244 e. The molecule has 30 heavy (non-hydrogen) atoms. The Morgan fingerprint density at radius 2 is 2.07 bits per heavy atom. The van der Waals surface area contributed by atoms with Gasteiger partial charge in [-0.3, -0.25) is 14.3 Å². The molecular formula is C21H23Br2FN4O2. The Kier molecular flexibility index (Phi) is 6.29. The molecule has 1 aromatic heterocycles. The molecule has 1 saturated carbocycles. The van der Waals surface area contributed by atoms with Crippen molar-refractivity contribution >= 4 is 43.7 Å². The number of benzene rings is 1. The van der Waals surface area contributed by atoms with Gasteiger partial charge in [-0.1, -0.05) is 22.0 Å². The highest BCUT2D eigenvalue weighted by molar-refractivity contribution is 9.10. The molecule has 160 valence electrons. The lowest BCUT2D eigenvalue weighted by molar-refractivity contribution is -0.133. The molecule has 0 bridgehead atoms. The monoisotopic (exact) mass is 540 g/mol. The van der Waals surface area contributed by atoms with Crippen LogP contribution in [0.1, 0.15) is 31.2 Å². The first kappa shape index (κ1) is 21.5. The predicted octanol–water partition coefficient (Wildman–Crippen LogP) is 3.68. The van der Waals surface area contributed by atoms with Crippen molar-refractivity contribution in [2.75, 3.05) is 13.1 Å². The fourth-order valence-corrected chi connectivity index (χ4v) is 4.79. The summed E-state index contributed by atoms with van der Waals surface area (Å²) in [5, 5.41) is 7.11. The van der Waals surface area contributed by atoms with Gasteiger partial charge in [-0.25, -0.2) is 4.39 Å². The number of halogens is 3. The zero-order valence-corrected chi connectivity index (χ0v) is 19.6. The standard InChI is InChI=1S/C21H23Br2FN4O2/c22-15-3-1-14(18(24)7-15)2-4-19(29)25-10-17-8-21(5-6-21)13-28(17)20(30)12-27-11-16(23)9-26-27/h1,3,7,9,11,17H,2,4-6,8,10,12-13H2,(H,25,29). The summed E-state index contributed by atoms with van der Waals surface area (Å²) < 4.78 is 17.1. The summed E-state index contributed by atoms with van der Waals surface area (Å²) in [6.45, 7) is 1.37. The van der Waals surface area contributed by atoms with Gasteiger partial charge in [-0.2, -0.15) is 5.10 Å². The van der Waals surface area contributed by atoms with E-state index in [1.54, 1.807) is 29.2 Å². The summed E-state index contributed by atoms with van der Waals surface area (Å²) in [5.41, 5.74) is 0.754. The number of carbonyl (C=O) groups excluding carboxylic acids is 2. The molecule has 2 fully saturated rings. The van der Waals surface area contributed by atoms with E-state index < -0.39 is 0 Å². The summed E-state index contributed by atoms with van der Waals surface area (Å²) in [6.07, 6.45) is 7.19. The lowest BCUT2D eigenvalue weighted by Gasteiger charge is -2.25. The van der Waals surface area contributed by atoms with Crippen LogP contribution in [0.15, 0.2) is 39.5 Å². The van der Waals surface area contributed by atoms with Crippen LogP contribution >= 0.6 is 31.9 Å². The first-order chi connectivity index (χ1) is 14.3. The highest BCUT2D eigenvalue weighted by atomic mass is 79.9. The number of aromatic nitrogens is 2. The molecule has 1 N–H and O–H groups in total. The van der Waals surface area contributed by atoms with Crippen LogP contribution in [0.4, 0.5) is 4.39 Å². The predicted molar refractivity (Wildman–Crippen MR) is 117 cm³/mol. The molecule has 1 aromatic carbocycles. The summed E-state index contributed by atoms with van der Waals surface area (Å²) >= 11 is 6.58. The smallest absolute Gasteiger partial charge is 0.244 e. The van der Waals surface area contributed by atoms with Gasteiger partial charge >= 0.3 is 0 Å². The molecule has 0 radical (unpaired) electrons. The van der Waals surface area contributed by atoms with Crippen molar-refractivity contribution in [3.63, 3.8) is 0 Å². The summed E-state index contributed by atoms with van der Waals surface area (Å²) in [5.74, 6) is -0.422. The van der Waals surface area contributed by atoms with Gasteiger partial charge in [0.25, 0.3) is 0 Å². The highest BCUT2D eigenvalue weighted by Crippen LogP contribution is 2.54. The second-order valence-corrected chi connectivity index (χ2v) is 10.1. The highest BCUT2D eigenvalue weighted by Gasteiger charge is 2.53. The van der Waals surface area contributed by atoms with Crippen LogP contribution in [0.25, 0.3) is 0 Å². The molecule has 1 unspecified atom stereocenters. The molecular weight excluding hydrogens is 519 g/mol. The Hall–Kier alpha value is -1.74. The van der Waals surface area contributed by atoms with E-state index in [-0.39, 0.29) is 42.1 Å². The Balaban J connectivity index is 1.30. The summed E-state index contributed by atoms with van der Waals surface area (Å²) in [4.78, 5) is 27.1. The molecule has 1 spiro atoms. The third-order valence-electron chi connectivity index (χ3n) is 5.96. The van der Waals surface area contributed by atoms with Crippen LogP contribution in [0.3, 0.4) is 0 Å². The van der Waals surface area contributed by atoms with Crippen molar-refractivity contribution in [2.45, 2.75) is 44.7 Å². The molecule has 2 aliphatic rings. The van der Waals surface area contributed by atoms with Crippen LogP contribution in [-0.2, 0) is 22.6 Å². The quantitative estimate of drug-likeness (QED) is 0.581. The van der Waals surface area contributed by atoms with E-state index in [0.717, 1.165) is 30.3 Å². The fraction of sp³-hybridized carbons (Fsp3) is 0.476. The molecule has 2 heterocycles. The number of likely N-dealkylation sites (tertiary alicyclic amines) is 1. The third-order valence-corrected chi connectivity index (χ3v) is 6.87. The Bertz CT molecular complexity index is 960. The lowest BCUT2D eigenvalue weighted by Crippen LogP contribution is -2.44. The zero-order chi connectivity index (χ0) is 21.3. The molecule has 9 heteroatoms. The molecule has 6 nitrogen and oxygen atoms in total. The van der Waals surface area contributed by atoms with Gasteiger partial charge in [0.1, 0.15) is 12.4 Å². The van der Waals surface area contributed by atoms with E-state index >= 15 is 0 Å². The normalized spacial score (nSPS) is 19.3. The molecule has 1 aliphatic heterocycles. The van der Waals surface area contributed by atoms with Gasteiger partial charge in [-0.15, -0.1) is 0 Å². The van der Waals surface area contributed by atoms with Gasteiger partial charge in [-0.05, 0) is 64.7 Å². The minimum absolute atomic E-state index is 0.00707. The number of nitrogens with one attached hydrogen (secondary N) is 1. The van der Waals surface area contributed by atoms with Crippen LogP contribution in [0, 0.1) is 11.2 Å². The second kappa shape index (κ2) is 8.78. The third kappa shape index (κ3) is 5.11. The number of hydrogen-bond donors (Lipinski definition) is 1. The number of amides is 2. The molecule has 4 rings (SSSR count). The SMILES string of the molecule is O=C(CCc1ccc(Br)cc1F)NCC1CC2(CC2)CN1C(=O)Cn1cc(Br)cn1.